The van der Waals surface area contributed by atoms with E-state index in [0.29, 0.717) is 28.0 Å². The van der Waals surface area contributed by atoms with Crippen molar-refractivity contribution in [3.8, 4) is 17.3 Å². The number of methoxy groups -OCH3 is 1. The highest BCUT2D eigenvalue weighted by molar-refractivity contribution is 6.32. The third kappa shape index (κ3) is 4.78. The molecule has 0 saturated heterocycles. The summed E-state index contributed by atoms with van der Waals surface area (Å²) >= 11 is 6.12. The monoisotopic (exact) mass is 464 g/mol. The Hall–Kier alpha value is -3.58. The normalized spacial score (nSPS) is 10.9. The second kappa shape index (κ2) is 9.50. The number of aromatic nitrogens is 3. The van der Waals surface area contributed by atoms with Crippen molar-refractivity contribution in [3.05, 3.63) is 70.4 Å². The predicted molar refractivity (Wildman–Crippen MR) is 130 cm³/mol. The summed E-state index contributed by atoms with van der Waals surface area (Å²) in [6.07, 6.45) is 0.784. The highest BCUT2D eigenvalue weighted by Gasteiger charge is 2.17. The van der Waals surface area contributed by atoms with Gasteiger partial charge in [-0.05, 0) is 56.2 Å². The van der Waals surface area contributed by atoms with Crippen molar-refractivity contribution in [1.82, 2.24) is 14.8 Å². The van der Waals surface area contributed by atoms with Crippen LogP contribution in [0.15, 0.2) is 48.5 Å². The number of ether oxygens (including phenoxy) is 2. The Morgan fingerprint density at radius 1 is 1.12 bits per heavy atom. The molecule has 1 N–H and O–H groups in total. The average Bonchev–Trinajstić information content (AvgIpc) is 3.14. The SMILES string of the molecule is CCc1cc(OCC(=O)Nc2ccc(OC)c(Cl)c2)nc2c1c(C)nn2-c1ccc(C)cc1. The molecule has 0 saturated carbocycles. The van der Waals surface area contributed by atoms with Crippen LogP contribution in [0.3, 0.4) is 0 Å². The van der Waals surface area contributed by atoms with Crippen LogP contribution in [0.1, 0.15) is 23.7 Å². The van der Waals surface area contributed by atoms with Crippen LogP contribution < -0.4 is 14.8 Å². The van der Waals surface area contributed by atoms with Crippen LogP contribution >= 0.6 is 11.6 Å². The summed E-state index contributed by atoms with van der Waals surface area (Å²) in [5, 5.41) is 8.89. The lowest BCUT2D eigenvalue weighted by atomic mass is 10.1. The quantitative estimate of drug-likeness (QED) is 0.402. The summed E-state index contributed by atoms with van der Waals surface area (Å²) in [7, 11) is 1.54. The number of amides is 1. The van der Waals surface area contributed by atoms with Gasteiger partial charge in [-0.3, -0.25) is 4.79 Å². The fourth-order valence-corrected chi connectivity index (χ4v) is 3.91. The fraction of sp³-hybridized carbons (Fsp3) is 0.240. The molecule has 0 radical (unpaired) electrons. The number of hydrogen-bond donors (Lipinski definition) is 1. The number of rotatable bonds is 7. The molecule has 0 aliphatic rings. The van der Waals surface area contributed by atoms with Crippen molar-refractivity contribution in [1.29, 1.82) is 0 Å². The topological polar surface area (TPSA) is 78.3 Å². The average molecular weight is 465 g/mol. The van der Waals surface area contributed by atoms with Crippen LogP contribution in [0, 0.1) is 13.8 Å². The molecule has 2 aromatic carbocycles. The number of benzene rings is 2. The van der Waals surface area contributed by atoms with Gasteiger partial charge in [-0.25, -0.2) is 4.68 Å². The molecule has 4 aromatic rings. The molecule has 33 heavy (non-hydrogen) atoms. The molecule has 1 amide bonds. The van der Waals surface area contributed by atoms with Crippen LogP contribution in [-0.2, 0) is 11.2 Å². The smallest absolute Gasteiger partial charge is 0.262 e. The minimum absolute atomic E-state index is 0.192. The third-order valence-corrected chi connectivity index (χ3v) is 5.61. The molecule has 0 fully saturated rings. The Morgan fingerprint density at radius 3 is 2.55 bits per heavy atom. The molecule has 2 heterocycles. The van der Waals surface area contributed by atoms with E-state index in [4.69, 9.17) is 26.2 Å². The third-order valence-electron chi connectivity index (χ3n) is 5.32. The number of fused-ring (bicyclic) bond motifs is 1. The minimum Gasteiger partial charge on any atom is -0.495 e. The van der Waals surface area contributed by atoms with E-state index >= 15 is 0 Å². The largest absolute Gasteiger partial charge is 0.495 e. The van der Waals surface area contributed by atoms with Crippen LogP contribution in [0.2, 0.25) is 5.02 Å². The Balaban J connectivity index is 1.57. The Labute approximate surface area is 197 Å². The van der Waals surface area contributed by atoms with E-state index in [-0.39, 0.29) is 12.5 Å². The maximum absolute atomic E-state index is 12.4. The first-order valence-electron chi connectivity index (χ1n) is 10.6. The van der Waals surface area contributed by atoms with Crippen molar-refractivity contribution >= 4 is 34.2 Å². The van der Waals surface area contributed by atoms with Gasteiger partial charge in [0, 0.05) is 17.1 Å². The van der Waals surface area contributed by atoms with Gasteiger partial charge in [0.05, 0.1) is 23.5 Å². The maximum atomic E-state index is 12.4. The van der Waals surface area contributed by atoms with E-state index in [9.17, 15) is 4.79 Å². The van der Waals surface area contributed by atoms with Gasteiger partial charge in [0.1, 0.15) is 5.75 Å². The molecule has 0 unspecified atom stereocenters. The number of nitrogens with zero attached hydrogens (tertiary/aromatic N) is 3. The second-order valence-corrected chi connectivity index (χ2v) is 8.10. The van der Waals surface area contributed by atoms with E-state index in [1.807, 2.05) is 48.9 Å². The van der Waals surface area contributed by atoms with Gasteiger partial charge in [0.25, 0.3) is 5.91 Å². The summed E-state index contributed by atoms with van der Waals surface area (Å²) in [5.74, 6) is 0.589. The molecule has 0 bridgehead atoms. The lowest BCUT2D eigenvalue weighted by Gasteiger charge is -2.11. The van der Waals surface area contributed by atoms with Gasteiger partial charge in [-0.1, -0.05) is 36.2 Å². The van der Waals surface area contributed by atoms with Crippen LogP contribution in [0.25, 0.3) is 16.7 Å². The number of carbonyl (C=O) groups is 1. The number of aryl methyl sites for hydroxylation is 3. The molecule has 0 aliphatic heterocycles. The number of pyridine rings is 1. The molecular weight excluding hydrogens is 440 g/mol. The summed E-state index contributed by atoms with van der Waals surface area (Å²) < 4.78 is 12.7. The first-order valence-corrected chi connectivity index (χ1v) is 11.0. The molecule has 0 atom stereocenters. The molecule has 7 nitrogen and oxygen atoms in total. The minimum atomic E-state index is -0.320. The van der Waals surface area contributed by atoms with Crippen LogP contribution in [0.5, 0.6) is 11.6 Å². The van der Waals surface area contributed by atoms with Crippen molar-refractivity contribution < 1.29 is 14.3 Å². The molecule has 170 valence electrons. The van der Waals surface area contributed by atoms with E-state index < -0.39 is 0 Å². The zero-order chi connectivity index (χ0) is 23.5. The fourth-order valence-electron chi connectivity index (χ4n) is 3.65. The lowest BCUT2D eigenvalue weighted by molar-refractivity contribution is -0.118. The van der Waals surface area contributed by atoms with Crippen molar-refractivity contribution in [2.24, 2.45) is 0 Å². The Bertz CT molecular complexity index is 1320. The molecule has 2 aromatic heterocycles. The molecular formula is C25H25ClN4O3. The maximum Gasteiger partial charge on any atom is 0.262 e. The highest BCUT2D eigenvalue weighted by Crippen LogP contribution is 2.29. The van der Waals surface area contributed by atoms with Gasteiger partial charge in [-0.15, -0.1) is 0 Å². The van der Waals surface area contributed by atoms with E-state index in [1.165, 1.54) is 12.7 Å². The number of halogens is 1. The Morgan fingerprint density at radius 2 is 1.88 bits per heavy atom. The highest BCUT2D eigenvalue weighted by atomic mass is 35.5. The summed E-state index contributed by atoms with van der Waals surface area (Å²) in [5.41, 5.74) is 5.30. The molecule has 0 aliphatic carbocycles. The van der Waals surface area contributed by atoms with Crippen molar-refractivity contribution in [2.75, 3.05) is 19.0 Å². The summed E-state index contributed by atoms with van der Waals surface area (Å²) in [6.45, 7) is 5.90. The van der Waals surface area contributed by atoms with Crippen molar-refractivity contribution in [2.45, 2.75) is 27.2 Å². The van der Waals surface area contributed by atoms with E-state index in [0.717, 1.165) is 28.8 Å². The van der Waals surface area contributed by atoms with Gasteiger partial charge >= 0.3 is 0 Å². The lowest BCUT2D eigenvalue weighted by Crippen LogP contribution is -2.20. The molecule has 4 rings (SSSR count). The first kappa shape index (κ1) is 22.6. The van der Waals surface area contributed by atoms with Crippen LogP contribution in [-0.4, -0.2) is 34.4 Å². The molecule has 8 heteroatoms. The Kier molecular flexibility index (Phi) is 6.51. The van der Waals surface area contributed by atoms with Gasteiger partial charge < -0.3 is 14.8 Å². The number of nitrogens with one attached hydrogen (secondary N) is 1. The summed E-state index contributed by atoms with van der Waals surface area (Å²) in [6, 6.07) is 15.0. The van der Waals surface area contributed by atoms with Crippen LogP contribution in [0.4, 0.5) is 5.69 Å². The summed E-state index contributed by atoms with van der Waals surface area (Å²) in [4.78, 5) is 17.1. The second-order valence-electron chi connectivity index (χ2n) is 7.69. The van der Waals surface area contributed by atoms with E-state index in [1.54, 1.807) is 18.2 Å². The zero-order valence-corrected chi connectivity index (χ0v) is 19.7. The first-order chi connectivity index (χ1) is 15.9. The number of carbonyl (C=O) groups excluding carboxylic acids is 1. The van der Waals surface area contributed by atoms with Gasteiger partial charge in [0.15, 0.2) is 12.3 Å². The zero-order valence-electron chi connectivity index (χ0n) is 19.0. The molecule has 0 spiro atoms. The predicted octanol–water partition coefficient (Wildman–Crippen LogP) is 5.28. The standard InChI is InChI=1S/C25H25ClN4O3/c1-5-17-12-23(33-14-22(31)27-18-8-11-21(32-4)20(26)13-18)28-25-24(17)16(3)29-30(25)19-9-6-15(2)7-10-19/h6-13H,5,14H2,1-4H3,(H,27,31). The van der Waals surface area contributed by atoms with Gasteiger partial charge in [-0.2, -0.15) is 10.1 Å². The van der Waals surface area contributed by atoms with Crippen molar-refractivity contribution in [3.63, 3.8) is 0 Å². The van der Waals surface area contributed by atoms with E-state index in [2.05, 4.69) is 17.2 Å². The van der Waals surface area contributed by atoms with Gasteiger partial charge in [0.2, 0.25) is 5.88 Å². The number of hydrogen-bond acceptors (Lipinski definition) is 5. The number of anilines is 1.